The Labute approximate surface area is 126 Å². The number of hydrogen-bond acceptors (Lipinski definition) is 2. The number of aromatic nitrogens is 2. The molecule has 2 aromatic carbocycles. The van der Waals surface area contributed by atoms with Crippen molar-refractivity contribution in [3.8, 4) is 16.9 Å². The lowest BCUT2D eigenvalue weighted by atomic mass is 10.1. The van der Waals surface area contributed by atoms with E-state index in [1.165, 1.54) is 4.68 Å². The molecule has 0 fully saturated rings. The molecule has 5 nitrogen and oxygen atoms in total. The van der Waals surface area contributed by atoms with E-state index in [4.69, 9.17) is 0 Å². The largest absolute Gasteiger partial charge is 0.477 e. The lowest BCUT2D eigenvalue weighted by molar-refractivity contribution is 0.0696. The van der Waals surface area contributed by atoms with Crippen LogP contribution >= 0.6 is 0 Å². The van der Waals surface area contributed by atoms with Crippen LogP contribution in [-0.2, 0) is 7.05 Å². The Hall–Kier alpha value is -3.08. The summed E-state index contributed by atoms with van der Waals surface area (Å²) in [7, 11) is 1.68. The number of hydrogen-bond donors (Lipinski definition) is 1. The maximum absolute atomic E-state index is 12.6. The fraction of sp³-hybridized carbons (Fsp3) is 0.0588. The molecule has 1 heterocycles. The predicted molar refractivity (Wildman–Crippen MR) is 83.4 cm³/mol. The van der Waals surface area contributed by atoms with Gasteiger partial charge < -0.3 is 5.11 Å². The molecule has 0 aliphatic carbocycles. The highest BCUT2D eigenvalue weighted by Gasteiger charge is 2.25. The topological polar surface area (TPSA) is 64.2 Å². The second kappa shape index (κ2) is 5.37. The average Bonchev–Trinajstić information content (AvgIpc) is 2.80. The van der Waals surface area contributed by atoms with Crippen molar-refractivity contribution in [3.05, 3.63) is 76.6 Å². The number of aromatic carboxylic acids is 1. The van der Waals surface area contributed by atoms with Crippen molar-refractivity contribution in [1.82, 2.24) is 9.36 Å². The molecule has 0 spiro atoms. The molecule has 110 valence electrons. The van der Waals surface area contributed by atoms with Gasteiger partial charge in [-0.3, -0.25) is 9.48 Å². The van der Waals surface area contributed by atoms with Crippen LogP contribution in [0.15, 0.2) is 65.5 Å². The Kier molecular flexibility index (Phi) is 3.39. The fourth-order valence-corrected chi connectivity index (χ4v) is 2.58. The predicted octanol–water partition coefficient (Wildman–Crippen LogP) is 2.54. The van der Waals surface area contributed by atoms with E-state index in [1.807, 2.05) is 24.3 Å². The van der Waals surface area contributed by atoms with Crippen LogP contribution in [0.4, 0.5) is 0 Å². The van der Waals surface area contributed by atoms with Gasteiger partial charge in [0.2, 0.25) is 0 Å². The SMILES string of the molecule is Cn1c(-c2ccccc2)c(C(=O)O)c(=O)n1-c1ccccc1. The summed E-state index contributed by atoms with van der Waals surface area (Å²) in [5.74, 6) is -1.23. The maximum atomic E-state index is 12.6. The molecule has 3 rings (SSSR count). The molecule has 5 heteroatoms. The molecule has 1 aromatic heterocycles. The molecule has 0 atom stereocenters. The van der Waals surface area contributed by atoms with Gasteiger partial charge in [-0.2, -0.15) is 0 Å². The summed E-state index contributed by atoms with van der Waals surface area (Å²) in [5.41, 5.74) is 0.938. The summed E-state index contributed by atoms with van der Waals surface area (Å²) < 4.78 is 2.95. The minimum atomic E-state index is -1.23. The van der Waals surface area contributed by atoms with Crippen LogP contribution in [0.25, 0.3) is 16.9 Å². The highest BCUT2D eigenvalue weighted by molar-refractivity contribution is 5.94. The highest BCUT2D eigenvalue weighted by atomic mass is 16.4. The highest BCUT2D eigenvalue weighted by Crippen LogP contribution is 2.23. The van der Waals surface area contributed by atoms with Crippen LogP contribution in [0.2, 0.25) is 0 Å². The summed E-state index contributed by atoms with van der Waals surface area (Å²) in [6.07, 6.45) is 0. The zero-order chi connectivity index (χ0) is 15.7. The monoisotopic (exact) mass is 294 g/mol. The fourth-order valence-electron chi connectivity index (χ4n) is 2.58. The molecule has 0 aliphatic heterocycles. The molecule has 1 N–H and O–H groups in total. The Morgan fingerprint density at radius 2 is 1.50 bits per heavy atom. The Morgan fingerprint density at radius 3 is 2.05 bits per heavy atom. The van der Waals surface area contributed by atoms with Crippen molar-refractivity contribution in [2.75, 3.05) is 0 Å². The van der Waals surface area contributed by atoms with Gasteiger partial charge in [-0.15, -0.1) is 0 Å². The number of nitrogens with zero attached hydrogens (tertiary/aromatic N) is 2. The van der Waals surface area contributed by atoms with Gasteiger partial charge in [0.15, 0.2) is 5.56 Å². The van der Waals surface area contributed by atoms with Gasteiger partial charge in [0.25, 0.3) is 5.56 Å². The van der Waals surface area contributed by atoms with Crippen molar-refractivity contribution < 1.29 is 9.90 Å². The normalized spacial score (nSPS) is 10.6. The molecule has 0 bridgehead atoms. The van der Waals surface area contributed by atoms with Crippen LogP contribution in [0.5, 0.6) is 0 Å². The van der Waals surface area contributed by atoms with Gasteiger partial charge in [-0.25, -0.2) is 9.48 Å². The molecule has 22 heavy (non-hydrogen) atoms. The Morgan fingerprint density at radius 1 is 0.955 bits per heavy atom. The van der Waals surface area contributed by atoms with Crippen LogP contribution in [0.1, 0.15) is 10.4 Å². The van der Waals surface area contributed by atoms with Crippen LogP contribution < -0.4 is 5.56 Å². The van der Waals surface area contributed by atoms with Crippen molar-refractivity contribution in [2.24, 2.45) is 7.05 Å². The maximum Gasteiger partial charge on any atom is 0.343 e. The van der Waals surface area contributed by atoms with E-state index in [9.17, 15) is 14.7 Å². The minimum absolute atomic E-state index is 0.224. The summed E-state index contributed by atoms with van der Waals surface area (Å²) >= 11 is 0. The van der Waals surface area contributed by atoms with Gasteiger partial charge in [-0.05, 0) is 12.1 Å². The van der Waals surface area contributed by atoms with Gasteiger partial charge in [0, 0.05) is 12.6 Å². The van der Waals surface area contributed by atoms with Gasteiger partial charge in [0.1, 0.15) is 0 Å². The molecule has 0 radical (unpaired) electrons. The lowest BCUT2D eigenvalue weighted by Crippen LogP contribution is -2.22. The van der Waals surface area contributed by atoms with Crippen molar-refractivity contribution in [3.63, 3.8) is 0 Å². The van der Waals surface area contributed by atoms with Gasteiger partial charge in [-0.1, -0.05) is 48.5 Å². The molecular formula is C17H14N2O3. The number of carbonyl (C=O) groups is 1. The number of carboxylic acids is 1. The smallest absolute Gasteiger partial charge is 0.343 e. The zero-order valence-corrected chi connectivity index (χ0v) is 11.9. The summed E-state index contributed by atoms with van der Waals surface area (Å²) in [6, 6.07) is 18.0. The summed E-state index contributed by atoms with van der Waals surface area (Å²) in [6.45, 7) is 0. The minimum Gasteiger partial charge on any atom is -0.477 e. The molecule has 0 aliphatic rings. The first-order chi connectivity index (χ1) is 10.6. The van der Waals surface area contributed by atoms with E-state index in [0.29, 0.717) is 16.9 Å². The summed E-state index contributed by atoms with van der Waals surface area (Å²) in [5, 5.41) is 9.47. The molecule has 0 saturated heterocycles. The van der Waals surface area contributed by atoms with E-state index < -0.39 is 11.5 Å². The van der Waals surface area contributed by atoms with Crippen molar-refractivity contribution in [2.45, 2.75) is 0 Å². The van der Waals surface area contributed by atoms with Gasteiger partial charge >= 0.3 is 5.97 Å². The Balaban J connectivity index is 2.37. The third kappa shape index (κ3) is 2.13. The van der Waals surface area contributed by atoms with E-state index in [1.54, 1.807) is 48.1 Å². The van der Waals surface area contributed by atoms with Gasteiger partial charge in [0.05, 0.1) is 11.4 Å². The Bertz CT molecular complexity index is 878. The number of rotatable bonds is 3. The van der Waals surface area contributed by atoms with Crippen molar-refractivity contribution in [1.29, 1.82) is 0 Å². The molecule has 0 amide bonds. The average molecular weight is 294 g/mol. The first-order valence-corrected chi connectivity index (χ1v) is 6.77. The summed E-state index contributed by atoms with van der Waals surface area (Å²) in [4.78, 5) is 24.2. The van der Waals surface area contributed by atoms with Crippen LogP contribution in [-0.4, -0.2) is 20.4 Å². The second-order valence-electron chi connectivity index (χ2n) is 4.87. The third-order valence-corrected chi connectivity index (χ3v) is 3.53. The second-order valence-corrected chi connectivity index (χ2v) is 4.87. The lowest BCUT2D eigenvalue weighted by Gasteiger charge is -2.10. The number of carboxylic acid groups (broad SMARTS) is 1. The van der Waals surface area contributed by atoms with E-state index in [2.05, 4.69) is 0 Å². The van der Waals surface area contributed by atoms with E-state index in [-0.39, 0.29) is 5.56 Å². The molecular weight excluding hydrogens is 280 g/mol. The van der Waals surface area contributed by atoms with E-state index in [0.717, 1.165) is 0 Å². The zero-order valence-electron chi connectivity index (χ0n) is 11.9. The number of benzene rings is 2. The molecule has 0 saturated carbocycles. The van der Waals surface area contributed by atoms with Crippen LogP contribution in [0.3, 0.4) is 0 Å². The van der Waals surface area contributed by atoms with Crippen LogP contribution in [0, 0.1) is 0 Å². The first kappa shape index (κ1) is 13.9. The molecule has 0 unspecified atom stereocenters. The third-order valence-electron chi connectivity index (χ3n) is 3.53. The quantitative estimate of drug-likeness (QED) is 0.807. The van der Waals surface area contributed by atoms with E-state index >= 15 is 0 Å². The standard InChI is InChI=1S/C17H14N2O3/c1-18-15(12-8-4-2-5-9-12)14(17(21)22)16(20)19(18)13-10-6-3-7-11-13/h2-11H,1H3,(H,21,22). The molecule has 3 aromatic rings. The number of para-hydroxylation sites is 1. The van der Waals surface area contributed by atoms with Crippen molar-refractivity contribution >= 4 is 5.97 Å². The first-order valence-electron chi connectivity index (χ1n) is 6.77.